The van der Waals surface area contributed by atoms with Gasteiger partial charge in [-0.15, -0.1) is 0 Å². The van der Waals surface area contributed by atoms with Crippen molar-refractivity contribution >= 4 is 36.4 Å². The number of hydrogen-bond acceptors (Lipinski definition) is 4. The summed E-state index contributed by atoms with van der Waals surface area (Å²) in [4.78, 5) is 24.7. The highest BCUT2D eigenvalue weighted by Gasteiger charge is 2.26. The highest BCUT2D eigenvalue weighted by molar-refractivity contribution is 6.89. The number of carbonyl (C=O) groups is 2. The number of amides is 2. The van der Waals surface area contributed by atoms with Crippen molar-refractivity contribution in [3.8, 4) is 16.9 Å². The molecule has 8 heteroatoms. The number of aromatic nitrogens is 2. The summed E-state index contributed by atoms with van der Waals surface area (Å²) in [6.07, 6.45) is 3.36. The Kier molecular flexibility index (Phi) is 6.60. The van der Waals surface area contributed by atoms with Gasteiger partial charge in [-0.1, -0.05) is 43.0 Å². The molecule has 0 spiro atoms. The van der Waals surface area contributed by atoms with Gasteiger partial charge in [-0.05, 0) is 29.8 Å². The van der Waals surface area contributed by atoms with E-state index in [1.165, 1.54) is 12.1 Å². The quantitative estimate of drug-likeness (QED) is 0.553. The van der Waals surface area contributed by atoms with Crippen LogP contribution >= 0.6 is 0 Å². The lowest BCUT2D eigenvalue weighted by molar-refractivity contribution is -0.117. The predicted octanol–water partition coefficient (Wildman–Crippen LogP) is 3.70. The minimum absolute atomic E-state index is 0.0751. The molecule has 3 rings (SSSR count). The molecule has 7 nitrogen and oxygen atoms in total. The summed E-state index contributed by atoms with van der Waals surface area (Å²) in [5, 5.41) is 11.2. The largest absolute Gasteiger partial charge is 0.497 e. The third kappa shape index (κ3) is 5.40. The van der Waals surface area contributed by atoms with Crippen LogP contribution in [0.4, 0.5) is 11.4 Å². The van der Waals surface area contributed by atoms with Crippen molar-refractivity contribution in [1.29, 1.82) is 0 Å². The smallest absolute Gasteiger partial charge is 0.246 e. The van der Waals surface area contributed by atoms with Crippen LogP contribution in [0.25, 0.3) is 11.1 Å². The molecule has 0 radical (unpaired) electrons. The van der Waals surface area contributed by atoms with Gasteiger partial charge in [0.2, 0.25) is 11.8 Å². The zero-order valence-corrected chi connectivity index (χ0v) is 19.5. The van der Waals surface area contributed by atoms with Gasteiger partial charge in [-0.25, -0.2) is 0 Å². The van der Waals surface area contributed by atoms with E-state index < -0.39 is 8.07 Å². The molecule has 3 aromatic rings. The highest BCUT2D eigenvalue weighted by Crippen LogP contribution is 2.35. The Hall–Kier alpha value is -3.39. The van der Waals surface area contributed by atoms with Crippen molar-refractivity contribution in [1.82, 2.24) is 9.78 Å². The summed E-state index contributed by atoms with van der Waals surface area (Å²) in [6, 6.07) is 13.4. The lowest BCUT2D eigenvalue weighted by Gasteiger charge is -2.26. The van der Waals surface area contributed by atoms with Crippen LogP contribution in [0.5, 0.6) is 5.75 Å². The monoisotopic (exact) mass is 436 g/mol. The van der Waals surface area contributed by atoms with Gasteiger partial charge in [0, 0.05) is 24.9 Å². The van der Waals surface area contributed by atoms with E-state index in [2.05, 4.69) is 41.4 Å². The van der Waals surface area contributed by atoms with E-state index in [1.54, 1.807) is 30.3 Å². The van der Waals surface area contributed by atoms with Crippen molar-refractivity contribution in [3.05, 3.63) is 54.9 Å². The number of carbonyl (C=O) groups excluding carboxylic acids is 2. The molecule has 2 aromatic carbocycles. The molecule has 0 atom stereocenters. The van der Waals surface area contributed by atoms with E-state index in [0.29, 0.717) is 11.4 Å². The summed E-state index contributed by atoms with van der Waals surface area (Å²) >= 11 is 0. The number of anilines is 2. The van der Waals surface area contributed by atoms with Crippen molar-refractivity contribution < 1.29 is 14.3 Å². The Morgan fingerprint density at radius 1 is 1.06 bits per heavy atom. The van der Waals surface area contributed by atoms with E-state index >= 15 is 0 Å². The number of nitrogens with zero attached hydrogens (tertiary/aromatic N) is 2. The first kappa shape index (κ1) is 22.3. The van der Waals surface area contributed by atoms with Crippen molar-refractivity contribution in [2.24, 2.45) is 0 Å². The molecule has 0 aliphatic heterocycles. The molecule has 0 fully saturated rings. The standard InChI is InChI=1S/C23H28N4O3Si/c1-16(28)25-19-11-12-20(31(3,4)5)22(17-7-9-18(30-2)10-8-17)23(19)26-21(29)15-27-14-6-13-24-27/h6-14H,15H2,1-5H3,(H,25,28)(H,26,29). The first-order valence-electron chi connectivity index (χ1n) is 10.1. The van der Waals surface area contributed by atoms with Crippen LogP contribution in [0.15, 0.2) is 54.9 Å². The third-order valence-corrected chi connectivity index (χ3v) is 6.86. The summed E-state index contributed by atoms with van der Waals surface area (Å²) in [5.74, 6) is 0.322. The number of methoxy groups -OCH3 is 1. The van der Waals surface area contributed by atoms with E-state index in [9.17, 15) is 9.59 Å². The molecule has 0 aliphatic rings. The maximum Gasteiger partial charge on any atom is 0.246 e. The molecule has 31 heavy (non-hydrogen) atoms. The number of ether oxygens (including phenoxy) is 1. The molecule has 0 bridgehead atoms. The number of benzene rings is 2. The fraction of sp³-hybridized carbons (Fsp3) is 0.261. The maximum atomic E-state index is 12.9. The Morgan fingerprint density at radius 3 is 2.32 bits per heavy atom. The molecule has 2 N–H and O–H groups in total. The van der Waals surface area contributed by atoms with Crippen molar-refractivity contribution in [2.45, 2.75) is 33.1 Å². The fourth-order valence-electron chi connectivity index (χ4n) is 3.43. The fourth-order valence-corrected chi connectivity index (χ4v) is 5.03. The van der Waals surface area contributed by atoms with Gasteiger partial charge in [0.25, 0.3) is 0 Å². The highest BCUT2D eigenvalue weighted by atomic mass is 28.3. The molecular formula is C23H28N4O3Si. The number of nitrogens with one attached hydrogen (secondary N) is 2. The molecule has 162 valence electrons. The summed E-state index contributed by atoms with van der Waals surface area (Å²) in [5.41, 5.74) is 3.02. The van der Waals surface area contributed by atoms with Crippen LogP contribution in [0, 0.1) is 0 Å². The minimum atomic E-state index is -1.80. The van der Waals surface area contributed by atoms with E-state index in [1.807, 2.05) is 30.3 Å². The Morgan fingerprint density at radius 2 is 1.77 bits per heavy atom. The van der Waals surface area contributed by atoms with Crippen LogP contribution in [0.3, 0.4) is 0 Å². The second kappa shape index (κ2) is 9.17. The van der Waals surface area contributed by atoms with E-state index in [-0.39, 0.29) is 18.4 Å². The minimum Gasteiger partial charge on any atom is -0.497 e. The van der Waals surface area contributed by atoms with E-state index in [4.69, 9.17) is 4.74 Å². The van der Waals surface area contributed by atoms with Crippen LogP contribution in [-0.4, -0.2) is 36.8 Å². The van der Waals surface area contributed by atoms with Crippen molar-refractivity contribution in [2.75, 3.05) is 17.7 Å². The molecule has 0 aliphatic carbocycles. The summed E-state index contributed by atoms with van der Waals surface area (Å²) < 4.78 is 6.86. The topological polar surface area (TPSA) is 85.3 Å². The Balaban J connectivity index is 2.16. The predicted molar refractivity (Wildman–Crippen MR) is 127 cm³/mol. The molecule has 0 saturated carbocycles. The Bertz CT molecular complexity index is 1070. The van der Waals surface area contributed by atoms with E-state index in [0.717, 1.165) is 16.9 Å². The van der Waals surface area contributed by atoms with Gasteiger partial charge in [-0.3, -0.25) is 14.3 Å². The van der Waals surface area contributed by atoms with Crippen molar-refractivity contribution in [3.63, 3.8) is 0 Å². The number of hydrogen-bond donors (Lipinski definition) is 2. The van der Waals surface area contributed by atoms with Gasteiger partial charge in [0.1, 0.15) is 12.3 Å². The summed E-state index contributed by atoms with van der Waals surface area (Å²) in [7, 11) is -0.178. The average molecular weight is 437 g/mol. The maximum absolute atomic E-state index is 12.9. The lowest BCUT2D eigenvalue weighted by Crippen LogP contribution is -2.39. The molecule has 0 unspecified atom stereocenters. The molecule has 0 saturated heterocycles. The van der Waals surface area contributed by atoms with Crippen LogP contribution in [-0.2, 0) is 16.1 Å². The second-order valence-electron chi connectivity index (χ2n) is 8.32. The summed E-state index contributed by atoms with van der Waals surface area (Å²) in [6.45, 7) is 8.29. The van der Waals surface area contributed by atoms with Crippen LogP contribution in [0.1, 0.15) is 6.92 Å². The van der Waals surface area contributed by atoms with Gasteiger partial charge in [0.05, 0.1) is 26.6 Å². The molecule has 2 amide bonds. The van der Waals surface area contributed by atoms with Gasteiger partial charge < -0.3 is 15.4 Å². The lowest BCUT2D eigenvalue weighted by atomic mass is 10.0. The van der Waals surface area contributed by atoms with Crippen LogP contribution < -0.4 is 20.6 Å². The first-order valence-corrected chi connectivity index (χ1v) is 13.6. The molecule has 1 heterocycles. The average Bonchev–Trinajstić information content (AvgIpc) is 3.20. The normalized spacial score (nSPS) is 11.1. The third-order valence-electron chi connectivity index (χ3n) is 4.83. The second-order valence-corrected chi connectivity index (χ2v) is 13.4. The SMILES string of the molecule is COc1ccc(-c2c([Si](C)(C)C)ccc(NC(C)=O)c2NC(=O)Cn2cccn2)cc1. The molecular weight excluding hydrogens is 408 g/mol. The van der Waals surface area contributed by atoms with Gasteiger partial charge in [0.15, 0.2) is 0 Å². The van der Waals surface area contributed by atoms with Gasteiger partial charge in [-0.2, -0.15) is 5.10 Å². The zero-order valence-electron chi connectivity index (χ0n) is 18.5. The van der Waals surface area contributed by atoms with Crippen LogP contribution in [0.2, 0.25) is 19.6 Å². The first-order chi connectivity index (χ1) is 14.7. The zero-order chi connectivity index (χ0) is 22.6. The van der Waals surface area contributed by atoms with Gasteiger partial charge >= 0.3 is 0 Å². The Labute approximate surface area is 183 Å². The number of rotatable bonds is 7. The molecule has 1 aromatic heterocycles.